The standard InChI is InChI=1S/C33H41F3N8O5/c1-20-27(39-40-44(20)23-8-10-41(11-9-23)15-33(47)16-42(17-33)30(45)49-31(2,3)4)21-12-24-28(43(19-38-24)29(35)36)25(13-21)48-18-32(5,46)26-7-6-22(34)14-37-26/h6-7,12-14,19,23,29,46-47H,8-11,15-18H2,1-5H3. The van der Waals surface area contributed by atoms with Crippen molar-refractivity contribution in [3.8, 4) is 17.0 Å². The summed E-state index contributed by atoms with van der Waals surface area (Å²) in [6.07, 6.45) is 3.09. The van der Waals surface area contributed by atoms with Crippen molar-refractivity contribution in [3.63, 3.8) is 0 Å². The fourth-order valence-corrected chi connectivity index (χ4v) is 6.43. The quantitative estimate of drug-likeness (QED) is 0.260. The molecule has 49 heavy (non-hydrogen) atoms. The third kappa shape index (κ3) is 7.35. The Labute approximate surface area is 281 Å². The van der Waals surface area contributed by atoms with Crippen LogP contribution >= 0.6 is 0 Å². The van der Waals surface area contributed by atoms with Gasteiger partial charge in [0.25, 0.3) is 0 Å². The number of rotatable bonds is 9. The van der Waals surface area contributed by atoms with Gasteiger partial charge in [-0.15, -0.1) is 5.10 Å². The molecule has 0 aliphatic carbocycles. The molecule has 1 amide bonds. The van der Waals surface area contributed by atoms with Crippen LogP contribution in [0.4, 0.5) is 18.0 Å². The second-order valence-corrected chi connectivity index (χ2v) is 14.2. The van der Waals surface area contributed by atoms with E-state index in [9.17, 15) is 28.2 Å². The number of aliphatic hydroxyl groups is 2. The molecule has 6 rings (SSSR count). The first-order valence-electron chi connectivity index (χ1n) is 16.1. The summed E-state index contributed by atoms with van der Waals surface area (Å²) >= 11 is 0. The molecular formula is C33H41F3N8O5. The molecule has 4 aromatic rings. The lowest BCUT2D eigenvalue weighted by Gasteiger charge is -2.49. The average molecular weight is 687 g/mol. The molecule has 1 aromatic carbocycles. The molecule has 5 heterocycles. The maximum absolute atomic E-state index is 13.9. The molecule has 13 nitrogen and oxygen atoms in total. The van der Waals surface area contributed by atoms with E-state index >= 15 is 0 Å². The number of likely N-dealkylation sites (tertiary alicyclic amines) is 2. The molecule has 16 heteroatoms. The molecule has 0 bridgehead atoms. The van der Waals surface area contributed by atoms with Crippen LogP contribution in [-0.4, -0.2) is 106 Å². The van der Waals surface area contributed by atoms with E-state index in [1.54, 1.807) is 32.9 Å². The second-order valence-electron chi connectivity index (χ2n) is 14.2. The number of pyridine rings is 1. The highest BCUT2D eigenvalue weighted by Gasteiger charge is 2.46. The third-order valence-electron chi connectivity index (χ3n) is 8.88. The van der Waals surface area contributed by atoms with E-state index in [0.717, 1.165) is 37.1 Å². The largest absolute Gasteiger partial charge is 0.488 e. The molecule has 264 valence electrons. The third-order valence-corrected chi connectivity index (χ3v) is 8.88. The lowest BCUT2D eigenvalue weighted by molar-refractivity contribution is -0.114. The molecule has 0 spiro atoms. The lowest BCUT2D eigenvalue weighted by atomic mass is 9.92. The van der Waals surface area contributed by atoms with Crippen molar-refractivity contribution in [2.75, 3.05) is 39.3 Å². The van der Waals surface area contributed by atoms with Gasteiger partial charge in [-0.05, 0) is 71.7 Å². The molecule has 2 saturated heterocycles. The number of piperidine rings is 1. The van der Waals surface area contributed by atoms with Crippen LogP contribution in [0.5, 0.6) is 5.75 Å². The van der Waals surface area contributed by atoms with E-state index in [4.69, 9.17) is 9.47 Å². The maximum Gasteiger partial charge on any atom is 0.410 e. The van der Waals surface area contributed by atoms with Gasteiger partial charge in [0.05, 0.1) is 42.2 Å². The molecule has 2 aliphatic heterocycles. The van der Waals surface area contributed by atoms with E-state index in [1.807, 2.05) is 11.6 Å². The molecule has 1 atom stereocenters. The molecule has 1 unspecified atom stereocenters. The Hall–Kier alpha value is -4.28. The van der Waals surface area contributed by atoms with Gasteiger partial charge in [0, 0.05) is 25.2 Å². The predicted octanol–water partition coefficient (Wildman–Crippen LogP) is 4.44. The Kier molecular flexibility index (Phi) is 9.09. The highest BCUT2D eigenvalue weighted by atomic mass is 19.3. The predicted molar refractivity (Wildman–Crippen MR) is 171 cm³/mol. The fraction of sp³-hybridized carbons (Fsp3) is 0.545. The van der Waals surface area contributed by atoms with Gasteiger partial charge in [-0.3, -0.25) is 9.55 Å². The van der Waals surface area contributed by atoms with Crippen LogP contribution in [0.15, 0.2) is 36.8 Å². The summed E-state index contributed by atoms with van der Waals surface area (Å²) in [5, 5.41) is 30.9. The topological polar surface area (TPSA) is 144 Å². The van der Waals surface area contributed by atoms with E-state index in [-0.39, 0.29) is 48.2 Å². The summed E-state index contributed by atoms with van der Waals surface area (Å²) < 4.78 is 55.2. The van der Waals surface area contributed by atoms with Crippen LogP contribution in [0.25, 0.3) is 22.3 Å². The number of nitrogens with zero attached hydrogens (tertiary/aromatic N) is 8. The minimum Gasteiger partial charge on any atom is -0.488 e. The smallest absolute Gasteiger partial charge is 0.410 e. The van der Waals surface area contributed by atoms with E-state index < -0.39 is 35.3 Å². The van der Waals surface area contributed by atoms with Gasteiger partial charge in [-0.25, -0.2) is 18.9 Å². The highest BCUT2D eigenvalue weighted by molar-refractivity contribution is 5.87. The molecule has 2 aliphatic rings. The first kappa shape index (κ1) is 34.6. The number of amides is 1. The van der Waals surface area contributed by atoms with E-state index in [1.165, 1.54) is 17.9 Å². The minimum atomic E-state index is -2.89. The number of hydrogen-bond acceptors (Lipinski definition) is 10. The Morgan fingerprint density at radius 3 is 2.47 bits per heavy atom. The Morgan fingerprint density at radius 1 is 1.12 bits per heavy atom. The zero-order valence-corrected chi connectivity index (χ0v) is 28.1. The normalized spacial score (nSPS) is 18.5. The first-order valence-corrected chi connectivity index (χ1v) is 16.1. The minimum absolute atomic E-state index is 0.0429. The molecule has 2 fully saturated rings. The number of aromatic nitrogens is 6. The van der Waals surface area contributed by atoms with Crippen molar-refractivity contribution in [1.82, 2.24) is 39.3 Å². The number of imidazole rings is 1. The summed E-state index contributed by atoms with van der Waals surface area (Å²) in [4.78, 5) is 24.1. The molecular weight excluding hydrogens is 645 g/mol. The van der Waals surface area contributed by atoms with Crippen LogP contribution in [0, 0.1) is 12.7 Å². The van der Waals surface area contributed by atoms with Gasteiger partial charge in [-0.1, -0.05) is 5.21 Å². The number of halogens is 3. The Bertz CT molecular complexity index is 1810. The average Bonchev–Trinajstić information content (AvgIpc) is 3.62. The summed E-state index contributed by atoms with van der Waals surface area (Å²) in [6, 6.07) is 5.75. The second kappa shape index (κ2) is 12.9. The SMILES string of the molecule is Cc1c(-c2cc(OCC(C)(O)c3ccc(F)cn3)c3c(c2)ncn3C(F)F)nnn1C1CCN(CC2(O)CN(C(=O)OC(C)(C)C)C2)CC1. The Morgan fingerprint density at radius 2 is 1.84 bits per heavy atom. The Balaban J connectivity index is 1.15. The molecule has 0 saturated carbocycles. The maximum atomic E-state index is 13.9. The van der Waals surface area contributed by atoms with E-state index in [0.29, 0.717) is 35.5 Å². The number of fused-ring (bicyclic) bond motifs is 1. The fourth-order valence-electron chi connectivity index (χ4n) is 6.43. The van der Waals surface area contributed by atoms with Crippen molar-refractivity contribution in [1.29, 1.82) is 0 Å². The van der Waals surface area contributed by atoms with Crippen LogP contribution in [-0.2, 0) is 10.3 Å². The zero-order valence-electron chi connectivity index (χ0n) is 28.1. The van der Waals surface area contributed by atoms with Crippen molar-refractivity contribution >= 4 is 17.1 Å². The number of hydrogen-bond donors (Lipinski definition) is 2. The van der Waals surface area contributed by atoms with Gasteiger partial charge in [0.2, 0.25) is 0 Å². The van der Waals surface area contributed by atoms with Crippen molar-refractivity contribution in [3.05, 3.63) is 54.0 Å². The van der Waals surface area contributed by atoms with Crippen LogP contribution in [0.3, 0.4) is 0 Å². The van der Waals surface area contributed by atoms with Gasteiger partial charge < -0.3 is 29.5 Å². The van der Waals surface area contributed by atoms with Gasteiger partial charge in [-0.2, -0.15) is 8.78 Å². The zero-order chi connectivity index (χ0) is 35.3. The van der Waals surface area contributed by atoms with Crippen LogP contribution in [0.2, 0.25) is 0 Å². The number of alkyl halides is 2. The number of ether oxygens (including phenoxy) is 2. The first-order chi connectivity index (χ1) is 23.0. The van der Waals surface area contributed by atoms with Crippen LogP contribution < -0.4 is 4.74 Å². The van der Waals surface area contributed by atoms with Gasteiger partial charge >= 0.3 is 12.6 Å². The molecule has 3 aromatic heterocycles. The number of carbonyl (C=O) groups excluding carboxylic acids is 1. The van der Waals surface area contributed by atoms with Crippen molar-refractivity contribution in [2.24, 2.45) is 0 Å². The monoisotopic (exact) mass is 686 g/mol. The lowest BCUT2D eigenvalue weighted by Crippen LogP contribution is -2.68. The number of β-amino-alcohol motifs (C(OH)–C–C–N with tert-alkyl or cyclic N) is 1. The number of carbonyl (C=O) groups is 1. The summed E-state index contributed by atoms with van der Waals surface area (Å²) in [5.41, 5.74) is -0.968. The highest BCUT2D eigenvalue weighted by Crippen LogP contribution is 2.37. The van der Waals surface area contributed by atoms with Gasteiger partial charge in [0.15, 0.2) is 0 Å². The molecule has 0 radical (unpaired) electrons. The summed E-state index contributed by atoms with van der Waals surface area (Å²) in [7, 11) is 0. The van der Waals surface area contributed by atoms with Crippen LogP contribution in [0.1, 0.15) is 64.5 Å². The summed E-state index contributed by atoms with van der Waals surface area (Å²) in [6.45, 7) is 7.80. The number of benzene rings is 1. The van der Waals surface area contributed by atoms with Gasteiger partial charge in [0.1, 0.15) is 52.5 Å². The van der Waals surface area contributed by atoms with Crippen molar-refractivity contribution < 1.29 is 37.7 Å². The van der Waals surface area contributed by atoms with E-state index in [2.05, 4.69) is 25.2 Å². The van der Waals surface area contributed by atoms with Crippen molar-refractivity contribution in [2.45, 2.75) is 76.9 Å². The summed E-state index contributed by atoms with van der Waals surface area (Å²) in [5.74, 6) is -0.515. The molecule has 2 N–H and O–H groups in total.